The van der Waals surface area contributed by atoms with E-state index >= 15 is 0 Å². The SMILES string of the molecule is CCNC(=O)C[C@H]1CC[C@H]2[C@@H](COc3ccc(NC(=O)c4cccs4)cc3C(=O)N2C)O1. The summed E-state index contributed by atoms with van der Waals surface area (Å²) in [6.07, 6.45) is 1.22. The lowest BCUT2D eigenvalue weighted by molar-refractivity contribution is -0.133. The van der Waals surface area contributed by atoms with Crippen LogP contribution in [0.2, 0.25) is 0 Å². The number of thiophene rings is 1. The molecule has 4 rings (SSSR count). The van der Waals surface area contributed by atoms with Crippen LogP contribution in [0.1, 0.15) is 46.2 Å². The minimum atomic E-state index is -0.316. The molecule has 0 radical (unpaired) electrons. The van der Waals surface area contributed by atoms with Gasteiger partial charge in [-0.15, -0.1) is 11.3 Å². The maximum absolute atomic E-state index is 13.3. The number of carbonyl (C=O) groups is 3. The molecule has 2 N–H and O–H groups in total. The molecule has 0 bridgehead atoms. The zero-order chi connectivity index (χ0) is 22.7. The van der Waals surface area contributed by atoms with Crippen molar-refractivity contribution in [2.75, 3.05) is 25.5 Å². The van der Waals surface area contributed by atoms with E-state index in [4.69, 9.17) is 9.47 Å². The number of carbonyl (C=O) groups excluding carboxylic acids is 3. The predicted octanol–water partition coefficient (Wildman–Crippen LogP) is 2.91. The first kappa shape index (κ1) is 22.3. The van der Waals surface area contributed by atoms with Gasteiger partial charge >= 0.3 is 0 Å². The molecule has 1 fully saturated rings. The van der Waals surface area contributed by atoms with Gasteiger partial charge in [-0.1, -0.05) is 6.07 Å². The van der Waals surface area contributed by atoms with Crippen LogP contribution in [0.5, 0.6) is 5.75 Å². The Bertz CT molecular complexity index is 994. The summed E-state index contributed by atoms with van der Waals surface area (Å²) in [6, 6.07) is 8.48. The quantitative estimate of drug-likeness (QED) is 0.720. The van der Waals surface area contributed by atoms with E-state index in [9.17, 15) is 14.4 Å². The van der Waals surface area contributed by atoms with Crippen molar-refractivity contribution in [2.24, 2.45) is 0 Å². The van der Waals surface area contributed by atoms with E-state index in [1.54, 1.807) is 36.2 Å². The Labute approximate surface area is 190 Å². The molecular weight excluding hydrogens is 430 g/mol. The molecule has 170 valence electrons. The van der Waals surface area contributed by atoms with Crippen LogP contribution in [0.3, 0.4) is 0 Å². The smallest absolute Gasteiger partial charge is 0.265 e. The second kappa shape index (κ2) is 9.70. The van der Waals surface area contributed by atoms with Gasteiger partial charge in [-0.25, -0.2) is 0 Å². The van der Waals surface area contributed by atoms with Crippen molar-refractivity contribution in [1.82, 2.24) is 10.2 Å². The summed E-state index contributed by atoms with van der Waals surface area (Å²) in [6.45, 7) is 2.75. The number of hydrogen-bond acceptors (Lipinski definition) is 6. The Balaban J connectivity index is 1.49. The number of nitrogens with zero attached hydrogens (tertiary/aromatic N) is 1. The van der Waals surface area contributed by atoms with Gasteiger partial charge in [0, 0.05) is 19.3 Å². The molecule has 2 aliphatic rings. The zero-order valence-electron chi connectivity index (χ0n) is 18.1. The molecule has 0 saturated carbocycles. The fourth-order valence-corrected chi connectivity index (χ4v) is 4.80. The van der Waals surface area contributed by atoms with Gasteiger partial charge < -0.3 is 25.0 Å². The highest BCUT2D eigenvalue weighted by Crippen LogP contribution is 2.32. The Kier molecular flexibility index (Phi) is 6.76. The van der Waals surface area contributed by atoms with E-state index in [0.717, 1.165) is 6.42 Å². The van der Waals surface area contributed by atoms with E-state index in [2.05, 4.69) is 10.6 Å². The van der Waals surface area contributed by atoms with E-state index in [0.29, 0.717) is 41.3 Å². The third-order valence-corrected chi connectivity index (χ3v) is 6.67. The first-order chi connectivity index (χ1) is 15.5. The van der Waals surface area contributed by atoms with E-state index in [1.165, 1.54) is 11.3 Å². The van der Waals surface area contributed by atoms with Gasteiger partial charge in [0.25, 0.3) is 11.8 Å². The molecule has 1 aromatic carbocycles. The molecule has 3 heterocycles. The fraction of sp³-hybridized carbons (Fsp3) is 0.435. The van der Waals surface area contributed by atoms with Crippen LogP contribution in [-0.2, 0) is 9.53 Å². The topological polar surface area (TPSA) is 97.0 Å². The summed E-state index contributed by atoms with van der Waals surface area (Å²) in [5.74, 6) is 0.0117. The van der Waals surface area contributed by atoms with Crippen molar-refractivity contribution in [3.8, 4) is 5.75 Å². The number of fused-ring (bicyclic) bond motifs is 2. The first-order valence-electron chi connectivity index (χ1n) is 10.8. The average Bonchev–Trinajstić information content (AvgIpc) is 3.32. The second-order valence-corrected chi connectivity index (χ2v) is 8.92. The van der Waals surface area contributed by atoms with Crippen molar-refractivity contribution < 1.29 is 23.9 Å². The van der Waals surface area contributed by atoms with Crippen molar-refractivity contribution in [3.63, 3.8) is 0 Å². The van der Waals surface area contributed by atoms with Crippen molar-refractivity contribution in [1.29, 1.82) is 0 Å². The molecule has 32 heavy (non-hydrogen) atoms. The molecule has 0 unspecified atom stereocenters. The number of likely N-dealkylation sites (N-methyl/N-ethyl adjacent to an activating group) is 1. The molecule has 2 aromatic rings. The summed E-state index contributed by atoms with van der Waals surface area (Å²) in [5, 5.41) is 7.48. The average molecular weight is 458 g/mol. The lowest BCUT2D eigenvalue weighted by Crippen LogP contribution is -2.54. The summed E-state index contributed by atoms with van der Waals surface area (Å²) >= 11 is 1.35. The van der Waals surface area contributed by atoms with Gasteiger partial charge in [-0.05, 0) is 49.4 Å². The van der Waals surface area contributed by atoms with Gasteiger partial charge in [0.15, 0.2) is 0 Å². The largest absolute Gasteiger partial charge is 0.490 e. The fourth-order valence-electron chi connectivity index (χ4n) is 4.18. The van der Waals surface area contributed by atoms with Crippen molar-refractivity contribution in [2.45, 2.75) is 44.4 Å². The van der Waals surface area contributed by atoms with E-state index < -0.39 is 0 Å². The lowest BCUT2D eigenvalue weighted by Gasteiger charge is -2.42. The second-order valence-electron chi connectivity index (χ2n) is 7.97. The number of hydrogen-bond donors (Lipinski definition) is 2. The number of nitrogens with one attached hydrogen (secondary N) is 2. The number of ether oxygens (including phenoxy) is 2. The van der Waals surface area contributed by atoms with Crippen LogP contribution in [0.4, 0.5) is 5.69 Å². The standard InChI is InChI=1S/C23H27N3O5S/c1-3-24-21(27)12-15-7-8-17-19(31-15)13-30-18-9-6-14(11-16(18)23(29)26(17)2)25-22(28)20-5-4-10-32-20/h4-6,9-11,15,17,19H,3,7-8,12-13H2,1-2H3,(H,24,27)(H,25,28)/t15-,17+,19-/m1/s1. The molecule has 1 aromatic heterocycles. The normalized spacial score (nSPS) is 22.6. The molecule has 0 spiro atoms. The predicted molar refractivity (Wildman–Crippen MR) is 121 cm³/mol. The third-order valence-electron chi connectivity index (χ3n) is 5.80. The van der Waals surface area contributed by atoms with Crippen LogP contribution in [0.25, 0.3) is 0 Å². The molecule has 8 nitrogen and oxygen atoms in total. The highest BCUT2D eigenvalue weighted by molar-refractivity contribution is 7.12. The number of benzene rings is 1. The summed E-state index contributed by atoms with van der Waals surface area (Å²) in [4.78, 5) is 39.9. The Morgan fingerprint density at radius 1 is 1.25 bits per heavy atom. The summed E-state index contributed by atoms with van der Waals surface area (Å²) in [5.41, 5.74) is 0.936. The van der Waals surface area contributed by atoms with Gasteiger partial charge in [-0.2, -0.15) is 0 Å². The monoisotopic (exact) mass is 457 g/mol. The number of rotatable bonds is 5. The van der Waals surface area contributed by atoms with Crippen molar-refractivity contribution in [3.05, 3.63) is 46.2 Å². The van der Waals surface area contributed by atoms with Gasteiger partial charge in [-0.3, -0.25) is 14.4 Å². The maximum Gasteiger partial charge on any atom is 0.265 e. The number of anilines is 1. The molecule has 2 aliphatic heterocycles. The Morgan fingerprint density at radius 2 is 2.09 bits per heavy atom. The van der Waals surface area contributed by atoms with E-state index in [1.807, 2.05) is 18.4 Å². The van der Waals surface area contributed by atoms with Crippen LogP contribution in [0.15, 0.2) is 35.7 Å². The number of amides is 3. The Morgan fingerprint density at radius 3 is 2.84 bits per heavy atom. The van der Waals surface area contributed by atoms with Crippen LogP contribution in [0, 0.1) is 0 Å². The van der Waals surface area contributed by atoms with Crippen LogP contribution >= 0.6 is 11.3 Å². The molecule has 9 heteroatoms. The van der Waals surface area contributed by atoms with Gasteiger partial charge in [0.1, 0.15) is 18.5 Å². The molecule has 3 amide bonds. The molecule has 1 saturated heterocycles. The molecular formula is C23H27N3O5S. The molecule has 3 atom stereocenters. The first-order valence-corrected chi connectivity index (χ1v) is 11.6. The molecule has 0 aliphatic carbocycles. The highest BCUT2D eigenvalue weighted by Gasteiger charge is 2.39. The van der Waals surface area contributed by atoms with Crippen molar-refractivity contribution >= 4 is 34.7 Å². The van der Waals surface area contributed by atoms with Crippen LogP contribution < -0.4 is 15.4 Å². The highest BCUT2D eigenvalue weighted by atomic mass is 32.1. The minimum Gasteiger partial charge on any atom is -0.490 e. The van der Waals surface area contributed by atoms with E-state index in [-0.39, 0.29) is 42.6 Å². The minimum absolute atomic E-state index is 0.0328. The zero-order valence-corrected chi connectivity index (χ0v) is 18.9. The Hall–Kier alpha value is -2.91. The third kappa shape index (κ3) is 4.78. The van der Waals surface area contributed by atoms with Gasteiger partial charge in [0.2, 0.25) is 5.91 Å². The van der Waals surface area contributed by atoms with Crippen LogP contribution in [-0.4, -0.2) is 61.1 Å². The van der Waals surface area contributed by atoms with Gasteiger partial charge in [0.05, 0.1) is 29.0 Å². The summed E-state index contributed by atoms with van der Waals surface area (Å²) in [7, 11) is 1.76. The lowest BCUT2D eigenvalue weighted by atomic mass is 9.94. The maximum atomic E-state index is 13.3. The summed E-state index contributed by atoms with van der Waals surface area (Å²) < 4.78 is 12.1.